The van der Waals surface area contributed by atoms with Gasteiger partial charge in [-0.05, 0) is 13.3 Å². The van der Waals surface area contributed by atoms with E-state index in [1.54, 1.807) is 11.9 Å². The predicted molar refractivity (Wildman–Crippen MR) is 70.5 cm³/mol. The number of rotatable bonds is 4. The molecule has 8 heteroatoms. The molecular weight excluding hydrogens is 264 g/mol. The Morgan fingerprint density at radius 2 is 2.40 bits per heavy atom. The smallest absolute Gasteiger partial charge is 0.325 e. The second kappa shape index (κ2) is 5.91. The first-order chi connectivity index (χ1) is 9.47. The van der Waals surface area contributed by atoms with Crippen LogP contribution < -0.4 is 5.32 Å². The summed E-state index contributed by atoms with van der Waals surface area (Å²) >= 11 is 0. The number of urea groups is 1. The van der Waals surface area contributed by atoms with Gasteiger partial charge in [-0.1, -0.05) is 0 Å². The zero-order chi connectivity index (χ0) is 14.7. The number of hydrogen-bond donors (Lipinski definition) is 2. The molecule has 2 heterocycles. The summed E-state index contributed by atoms with van der Waals surface area (Å²) in [6, 6.07) is -0.216. The van der Waals surface area contributed by atoms with Crippen LogP contribution in [0.15, 0.2) is 12.4 Å². The maximum absolute atomic E-state index is 12.1. The van der Waals surface area contributed by atoms with Crippen LogP contribution in [0, 0.1) is 0 Å². The topological polar surface area (TPSA) is 96.7 Å². The second-order valence-corrected chi connectivity index (χ2v) is 4.79. The summed E-state index contributed by atoms with van der Waals surface area (Å²) in [5, 5.41) is 15.2. The molecule has 2 atom stereocenters. The van der Waals surface area contributed by atoms with E-state index in [9.17, 15) is 9.59 Å². The van der Waals surface area contributed by atoms with Gasteiger partial charge in [-0.15, -0.1) is 0 Å². The van der Waals surface area contributed by atoms with Crippen molar-refractivity contribution < 1.29 is 19.4 Å². The molecule has 1 aliphatic rings. The Labute approximate surface area is 116 Å². The van der Waals surface area contributed by atoms with Crippen molar-refractivity contribution in [2.45, 2.75) is 32.0 Å². The highest BCUT2D eigenvalue weighted by atomic mass is 16.5. The third-order valence-corrected chi connectivity index (χ3v) is 3.34. The van der Waals surface area contributed by atoms with Gasteiger partial charge in [-0.2, -0.15) is 5.10 Å². The van der Waals surface area contributed by atoms with Crippen molar-refractivity contribution in [2.24, 2.45) is 0 Å². The van der Waals surface area contributed by atoms with Crippen LogP contribution in [0.1, 0.15) is 13.3 Å². The van der Waals surface area contributed by atoms with Gasteiger partial charge in [0.25, 0.3) is 0 Å². The van der Waals surface area contributed by atoms with Gasteiger partial charge in [0.2, 0.25) is 0 Å². The lowest BCUT2D eigenvalue weighted by molar-refractivity contribution is -0.137. The van der Waals surface area contributed by atoms with Crippen molar-refractivity contribution >= 4 is 17.7 Å². The lowest BCUT2D eigenvalue weighted by atomic mass is 10.1. The number of aromatic nitrogens is 2. The average molecular weight is 282 g/mol. The summed E-state index contributed by atoms with van der Waals surface area (Å²) in [7, 11) is 1.72. The number of hydrogen-bond acceptors (Lipinski definition) is 4. The lowest BCUT2D eigenvalue weighted by Crippen LogP contribution is -2.43. The number of carboxylic acid groups (broad SMARTS) is 1. The average Bonchev–Trinajstić information content (AvgIpc) is 2.97. The van der Waals surface area contributed by atoms with Crippen molar-refractivity contribution in [1.29, 1.82) is 0 Å². The molecule has 2 unspecified atom stereocenters. The Hall–Kier alpha value is -2.09. The summed E-state index contributed by atoms with van der Waals surface area (Å²) in [5.74, 6) is -0.986. The largest absolute Gasteiger partial charge is 0.480 e. The second-order valence-electron chi connectivity index (χ2n) is 4.79. The Balaban J connectivity index is 1.93. The van der Waals surface area contributed by atoms with E-state index in [0.717, 1.165) is 6.42 Å². The minimum Gasteiger partial charge on any atom is -0.480 e. The molecule has 0 bridgehead atoms. The normalized spacial score (nSPS) is 21.7. The van der Waals surface area contributed by atoms with Crippen LogP contribution in [0.25, 0.3) is 0 Å². The lowest BCUT2D eigenvalue weighted by Gasteiger charge is -2.26. The molecule has 0 spiro atoms. The number of likely N-dealkylation sites (N-methyl/N-ethyl adjacent to an activating group) is 1. The van der Waals surface area contributed by atoms with Crippen LogP contribution in [0.2, 0.25) is 0 Å². The number of carbonyl (C=O) groups excluding carboxylic acids is 1. The number of nitrogens with zero attached hydrogens (tertiary/aromatic N) is 3. The highest BCUT2D eigenvalue weighted by molar-refractivity contribution is 5.89. The third kappa shape index (κ3) is 3.27. The van der Waals surface area contributed by atoms with Crippen LogP contribution in [0.3, 0.4) is 0 Å². The highest BCUT2D eigenvalue weighted by Crippen LogP contribution is 2.19. The van der Waals surface area contributed by atoms with Crippen molar-refractivity contribution in [3.63, 3.8) is 0 Å². The van der Waals surface area contributed by atoms with Gasteiger partial charge in [0.15, 0.2) is 0 Å². The van der Waals surface area contributed by atoms with Crippen LogP contribution in [-0.4, -0.2) is 57.6 Å². The first-order valence-electron chi connectivity index (χ1n) is 6.37. The molecule has 2 amide bonds. The van der Waals surface area contributed by atoms with Crippen molar-refractivity contribution in [1.82, 2.24) is 14.7 Å². The minimum atomic E-state index is -0.986. The number of nitrogens with one attached hydrogen (secondary N) is 1. The molecular formula is C12H18N4O4. The standard InChI is InChI=1S/C12H18N4O4/c1-8-10(3-4-20-8)15(2)12(19)14-9-5-13-16(6-9)7-11(17)18/h5-6,8,10H,3-4,7H2,1-2H3,(H,14,19)(H,17,18). The number of carbonyl (C=O) groups is 2. The number of ether oxygens (including phenoxy) is 1. The number of anilines is 1. The van der Waals surface area contributed by atoms with Gasteiger partial charge in [0.1, 0.15) is 6.54 Å². The van der Waals surface area contributed by atoms with Crippen molar-refractivity contribution in [3.8, 4) is 0 Å². The molecule has 20 heavy (non-hydrogen) atoms. The number of aliphatic carboxylic acids is 1. The van der Waals surface area contributed by atoms with Gasteiger partial charge < -0.3 is 20.1 Å². The Morgan fingerprint density at radius 1 is 1.65 bits per heavy atom. The molecule has 8 nitrogen and oxygen atoms in total. The first-order valence-corrected chi connectivity index (χ1v) is 6.37. The fourth-order valence-corrected chi connectivity index (χ4v) is 2.24. The quantitative estimate of drug-likeness (QED) is 0.843. The molecule has 0 radical (unpaired) electrons. The summed E-state index contributed by atoms with van der Waals surface area (Å²) < 4.78 is 6.68. The van der Waals surface area contributed by atoms with E-state index < -0.39 is 5.97 Å². The monoisotopic (exact) mass is 282 g/mol. The Morgan fingerprint density at radius 3 is 3.00 bits per heavy atom. The van der Waals surface area contributed by atoms with E-state index in [0.29, 0.717) is 12.3 Å². The van der Waals surface area contributed by atoms with Gasteiger partial charge >= 0.3 is 12.0 Å². The molecule has 2 rings (SSSR count). The van der Waals surface area contributed by atoms with Crippen molar-refractivity contribution in [2.75, 3.05) is 19.0 Å². The molecule has 0 aromatic carbocycles. The van der Waals surface area contributed by atoms with Gasteiger partial charge in [-0.3, -0.25) is 9.48 Å². The maximum atomic E-state index is 12.1. The Kier molecular flexibility index (Phi) is 4.23. The van der Waals surface area contributed by atoms with Gasteiger partial charge in [-0.25, -0.2) is 4.79 Å². The number of carboxylic acids is 1. The summed E-state index contributed by atoms with van der Waals surface area (Å²) in [4.78, 5) is 24.2. The molecule has 2 N–H and O–H groups in total. The highest BCUT2D eigenvalue weighted by Gasteiger charge is 2.30. The van der Waals surface area contributed by atoms with E-state index >= 15 is 0 Å². The minimum absolute atomic E-state index is 0.0143. The van der Waals surface area contributed by atoms with Crippen LogP contribution in [0.5, 0.6) is 0 Å². The van der Waals surface area contributed by atoms with E-state index in [1.807, 2.05) is 6.92 Å². The van der Waals surface area contributed by atoms with E-state index in [1.165, 1.54) is 17.1 Å². The summed E-state index contributed by atoms with van der Waals surface area (Å²) in [5.41, 5.74) is 0.467. The predicted octanol–water partition coefficient (Wildman–Crippen LogP) is 0.609. The van der Waals surface area contributed by atoms with E-state index in [4.69, 9.17) is 9.84 Å². The molecule has 0 saturated carbocycles. The number of amides is 2. The van der Waals surface area contributed by atoms with Gasteiger partial charge in [0, 0.05) is 19.9 Å². The van der Waals surface area contributed by atoms with Gasteiger partial charge in [0.05, 0.1) is 24.0 Å². The van der Waals surface area contributed by atoms with E-state index in [2.05, 4.69) is 10.4 Å². The molecule has 0 aliphatic carbocycles. The zero-order valence-corrected chi connectivity index (χ0v) is 11.4. The molecule has 1 aliphatic heterocycles. The molecule has 1 aromatic rings. The fraction of sp³-hybridized carbons (Fsp3) is 0.583. The SMILES string of the molecule is CC1OCCC1N(C)C(=O)Nc1cnn(CC(=O)O)c1. The summed E-state index contributed by atoms with van der Waals surface area (Å²) in [6.45, 7) is 2.35. The molecule has 1 aromatic heterocycles. The molecule has 1 saturated heterocycles. The first kappa shape index (κ1) is 14.3. The third-order valence-electron chi connectivity index (χ3n) is 3.34. The summed E-state index contributed by atoms with van der Waals surface area (Å²) in [6.07, 6.45) is 3.72. The van der Waals surface area contributed by atoms with Crippen LogP contribution in [0.4, 0.5) is 10.5 Å². The van der Waals surface area contributed by atoms with E-state index in [-0.39, 0.29) is 24.7 Å². The molecule has 1 fully saturated rings. The fourth-order valence-electron chi connectivity index (χ4n) is 2.24. The van der Waals surface area contributed by atoms with Crippen LogP contribution >= 0.6 is 0 Å². The van der Waals surface area contributed by atoms with Crippen LogP contribution in [-0.2, 0) is 16.1 Å². The zero-order valence-electron chi connectivity index (χ0n) is 11.4. The van der Waals surface area contributed by atoms with Crippen molar-refractivity contribution in [3.05, 3.63) is 12.4 Å². The maximum Gasteiger partial charge on any atom is 0.325 e. The molecule has 110 valence electrons. The Bertz CT molecular complexity index is 501.